The fourth-order valence-corrected chi connectivity index (χ4v) is 2.65. The highest BCUT2D eigenvalue weighted by molar-refractivity contribution is 5.78. The summed E-state index contributed by atoms with van der Waals surface area (Å²) >= 11 is 0. The van der Waals surface area contributed by atoms with Gasteiger partial charge in [-0.3, -0.25) is 14.7 Å². The van der Waals surface area contributed by atoms with Gasteiger partial charge in [0.05, 0.1) is 13.7 Å². The quantitative estimate of drug-likeness (QED) is 0.802. The average Bonchev–Trinajstić information content (AvgIpc) is 2.60. The van der Waals surface area contributed by atoms with Crippen molar-refractivity contribution in [3.63, 3.8) is 0 Å². The normalized spacial score (nSPS) is 12.0. The Labute approximate surface area is 150 Å². The molecule has 1 aromatic heterocycles. The van der Waals surface area contributed by atoms with Gasteiger partial charge in [0.25, 0.3) is 0 Å². The lowest BCUT2D eigenvalue weighted by Crippen LogP contribution is -2.40. The number of hydrogen-bond acceptors (Lipinski definition) is 4. The monoisotopic (exact) mass is 341 g/mol. The summed E-state index contributed by atoms with van der Waals surface area (Å²) in [5.74, 6) is 0.785. The number of benzene rings is 1. The Hall–Kier alpha value is -2.40. The Morgan fingerprint density at radius 2 is 2.08 bits per heavy atom. The third-order valence-corrected chi connectivity index (χ3v) is 4.29. The van der Waals surface area contributed by atoms with E-state index in [0.29, 0.717) is 13.1 Å². The van der Waals surface area contributed by atoms with E-state index in [1.807, 2.05) is 48.5 Å². The molecule has 2 aromatic rings. The van der Waals surface area contributed by atoms with Crippen LogP contribution in [-0.2, 0) is 17.8 Å². The summed E-state index contributed by atoms with van der Waals surface area (Å²) in [6.07, 6.45) is 2.65. The fraction of sp³-hybridized carbons (Fsp3) is 0.400. The van der Waals surface area contributed by atoms with Gasteiger partial charge >= 0.3 is 0 Å². The van der Waals surface area contributed by atoms with Gasteiger partial charge in [0.2, 0.25) is 5.91 Å². The number of ether oxygens (including phenoxy) is 1. The van der Waals surface area contributed by atoms with E-state index in [4.69, 9.17) is 4.74 Å². The number of hydrogen-bond donors (Lipinski definition) is 1. The number of carbonyl (C=O) groups is 1. The number of aryl methyl sites for hydroxylation is 1. The van der Waals surface area contributed by atoms with Crippen molar-refractivity contribution >= 4 is 5.91 Å². The van der Waals surface area contributed by atoms with Gasteiger partial charge in [0.1, 0.15) is 5.75 Å². The van der Waals surface area contributed by atoms with Crippen LogP contribution in [0, 0.1) is 6.92 Å². The van der Waals surface area contributed by atoms with Gasteiger partial charge in [0, 0.05) is 36.5 Å². The van der Waals surface area contributed by atoms with Crippen LogP contribution >= 0.6 is 0 Å². The minimum atomic E-state index is -0.00235. The molecule has 1 unspecified atom stereocenters. The molecule has 0 saturated heterocycles. The van der Waals surface area contributed by atoms with Crippen molar-refractivity contribution in [1.29, 1.82) is 0 Å². The maximum atomic E-state index is 12.2. The Morgan fingerprint density at radius 1 is 1.32 bits per heavy atom. The van der Waals surface area contributed by atoms with E-state index in [0.717, 1.165) is 23.4 Å². The van der Waals surface area contributed by atoms with Crippen LogP contribution in [0.2, 0.25) is 0 Å². The van der Waals surface area contributed by atoms with Crippen LogP contribution in [-0.4, -0.2) is 42.5 Å². The number of likely N-dealkylation sites (N-methyl/N-ethyl adjacent to an activating group) is 1. The van der Waals surface area contributed by atoms with Gasteiger partial charge in [-0.15, -0.1) is 0 Å². The zero-order chi connectivity index (χ0) is 18.2. The molecule has 0 saturated carbocycles. The Bertz CT molecular complexity index is 703. The number of aromatic nitrogens is 1. The van der Waals surface area contributed by atoms with Crippen molar-refractivity contribution in [2.75, 3.05) is 20.7 Å². The van der Waals surface area contributed by atoms with E-state index < -0.39 is 0 Å². The van der Waals surface area contributed by atoms with Crippen molar-refractivity contribution < 1.29 is 9.53 Å². The minimum Gasteiger partial charge on any atom is -0.496 e. The van der Waals surface area contributed by atoms with E-state index in [9.17, 15) is 4.79 Å². The summed E-state index contributed by atoms with van der Waals surface area (Å²) in [5, 5.41) is 2.96. The summed E-state index contributed by atoms with van der Waals surface area (Å²) in [5.41, 5.74) is 3.22. The summed E-state index contributed by atoms with van der Waals surface area (Å²) < 4.78 is 5.30. The van der Waals surface area contributed by atoms with E-state index in [1.54, 1.807) is 7.11 Å². The van der Waals surface area contributed by atoms with Crippen LogP contribution < -0.4 is 10.1 Å². The summed E-state index contributed by atoms with van der Waals surface area (Å²) in [4.78, 5) is 18.7. The molecule has 0 radical (unpaired) electrons. The van der Waals surface area contributed by atoms with Crippen LogP contribution in [0.4, 0.5) is 0 Å². The second-order valence-corrected chi connectivity index (χ2v) is 6.38. The van der Waals surface area contributed by atoms with Crippen LogP contribution in [0.1, 0.15) is 23.7 Å². The number of rotatable bonds is 8. The van der Waals surface area contributed by atoms with Crippen molar-refractivity contribution in [2.24, 2.45) is 0 Å². The van der Waals surface area contributed by atoms with Gasteiger partial charge < -0.3 is 10.1 Å². The SMILES string of the molecule is COc1ccccc1CNC(=O)CN(C)C(C)Cc1cc(C)ccn1. The van der Waals surface area contributed by atoms with Gasteiger partial charge in [-0.2, -0.15) is 0 Å². The summed E-state index contributed by atoms with van der Waals surface area (Å²) in [7, 11) is 3.60. The zero-order valence-corrected chi connectivity index (χ0v) is 15.5. The van der Waals surface area contributed by atoms with Crippen LogP contribution in [0.25, 0.3) is 0 Å². The molecule has 0 fully saturated rings. The third-order valence-electron chi connectivity index (χ3n) is 4.29. The van der Waals surface area contributed by atoms with Gasteiger partial charge in [-0.1, -0.05) is 18.2 Å². The predicted octanol–water partition coefficient (Wildman–Crippen LogP) is 2.58. The molecule has 134 valence electrons. The molecule has 5 heteroatoms. The Morgan fingerprint density at radius 3 is 2.80 bits per heavy atom. The summed E-state index contributed by atoms with van der Waals surface area (Å²) in [6.45, 7) is 4.98. The molecule has 2 rings (SSSR count). The number of carbonyl (C=O) groups excluding carboxylic acids is 1. The summed E-state index contributed by atoms with van der Waals surface area (Å²) in [6, 6.07) is 12.0. The lowest BCUT2D eigenvalue weighted by Gasteiger charge is -2.24. The predicted molar refractivity (Wildman–Crippen MR) is 99.6 cm³/mol. The highest BCUT2D eigenvalue weighted by Crippen LogP contribution is 2.16. The van der Waals surface area contributed by atoms with Gasteiger partial charge in [0.15, 0.2) is 0 Å². The van der Waals surface area contributed by atoms with Gasteiger partial charge in [-0.25, -0.2) is 0 Å². The van der Waals surface area contributed by atoms with E-state index in [2.05, 4.69) is 30.2 Å². The first-order chi connectivity index (χ1) is 12.0. The molecule has 0 aliphatic carbocycles. The van der Waals surface area contributed by atoms with Crippen molar-refractivity contribution in [2.45, 2.75) is 32.9 Å². The number of nitrogens with one attached hydrogen (secondary N) is 1. The molecule has 0 spiro atoms. The number of pyridine rings is 1. The molecule has 25 heavy (non-hydrogen) atoms. The fourth-order valence-electron chi connectivity index (χ4n) is 2.65. The number of methoxy groups -OCH3 is 1. The highest BCUT2D eigenvalue weighted by atomic mass is 16.5. The molecular formula is C20H27N3O2. The molecule has 1 atom stereocenters. The molecule has 0 bridgehead atoms. The maximum absolute atomic E-state index is 12.2. The maximum Gasteiger partial charge on any atom is 0.234 e. The van der Waals surface area contributed by atoms with E-state index in [-0.39, 0.29) is 11.9 Å². The minimum absolute atomic E-state index is 0.00235. The first kappa shape index (κ1) is 18.9. The van der Waals surface area contributed by atoms with Crippen LogP contribution in [0.15, 0.2) is 42.6 Å². The molecule has 0 aliphatic heterocycles. The van der Waals surface area contributed by atoms with Crippen molar-refractivity contribution in [3.8, 4) is 5.75 Å². The van der Waals surface area contributed by atoms with Crippen molar-refractivity contribution in [3.05, 3.63) is 59.4 Å². The second-order valence-electron chi connectivity index (χ2n) is 6.38. The lowest BCUT2D eigenvalue weighted by molar-refractivity contribution is -0.122. The smallest absolute Gasteiger partial charge is 0.234 e. The largest absolute Gasteiger partial charge is 0.496 e. The molecule has 1 aromatic carbocycles. The molecule has 1 N–H and O–H groups in total. The number of para-hydroxylation sites is 1. The number of nitrogens with zero attached hydrogens (tertiary/aromatic N) is 2. The average molecular weight is 341 g/mol. The molecule has 5 nitrogen and oxygen atoms in total. The van der Waals surface area contributed by atoms with E-state index in [1.165, 1.54) is 5.56 Å². The second kappa shape index (κ2) is 9.18. The van der Waals surface area contributed by atoms with Crippen LogP contribution in [0.5, 0.6) is 5.75 Å². The van der Waals surface area contributed by atoms with Crippen LogP contribution in [0.3, 0.4) is 0 Å². The number of amides is 1. The Kier molecular flexibility index (Phi) is 6.95. The highest BCUT2D eigenvalue weighted by Gasteiger charge is 2.14. The molecule has 1 heterocycles. The lowest BCUT2D eigenvalue weighted by atomic mass is 10.1. The third kappa shape index (κ3) is 5.87. The zero-order valence-electron chi connectivity index (χ0n) is 15.5. The first-order valence-corrected chi connectivity index (χ1v) is 8.50. The molecule has 0 aliphatic rings. The molecular weight excluding hydrogens is 314 g/mol. The topological polar surface area (TPSA) is 54.5 Å². The standard InChI is InChI=1S/C20H27N3O2/c1-15-9-10-21-18(11-15)12-16(2)23(3)14-20(24)22-13-17-7-5-6-8-19(17)25-4/h5-11,16H,12-14H2,1-4H3,(H,22,24). The van der Waals surface area contributed by atoms with E-state index >= 15 is 0 Å². The van der Waals surface area contributed by atoms with Crippen molar-refractivity contribution in [1.82, 2.24) is 15.2 Å². The Balaban J connectivity index is 1.82. The first-order valence-electron chi connectivity index (χ1n) is 8.50. The van der Waals surface area contributed by atoms with Gasteiger partial charge in [-0.05, 0) is 44.7 Å². The molecule has 1 amide bonds.